The summed E-state index contributed by atoms with van der Waals surface area (Å²) in [5.74, 6) is 0.408. The molecular formula is C18H29N5O2. The minimum atomic E-state index is -0.133. The van der Waals surface area contributed by atoms with Gasteiger partial charge >= 0.3 is 0 Å². The van der Waals surface area contributed by atoms with Crippen LogP contribution in [0, 0.1) is 13.8 Å². The summed E-state index contributed by atoms with van der Waals surface area (Å²) in [6.45, 7) is 7.31. The summed E-state index contributed by atoms with van der Waals surface area (Å²) in [5, 5.41) is 9.64. The van der Waals surface area contributed by atoms with Gasteiger partial charge in [0.15, 0.2) is 0 Å². The largest absolute Gasteiger partial charge is 0.393 e. The van der Waals surface area contributed by atoms with Crippen molar-refractivity contribution in [3.63, 3.8) is 0 Å². The summed E-state index contributed by atoms with van der Waals surface area (Å²) in [6.07, 6.45) is 3.98. The Labute approximate surface area is 149 Å². The first kappa shape index (κ1) is 18.1. The van der Waals surface area contributed by atoms with Gasteiger partial charge in [0.05, 0.1) is 12.5 Å². The Morgan fingerprint density at radius 1 is 1.08 bits per heavy atom. The molecule has 3 heterocycles. The maximum Gasteiger partial charge on any atom is 0.227 e. The fourth-order valence-corrected chi connectivity index (χ4v) is 4.02. The molecule has 1 aromatic heterocycles. The summed E-state index contributed by atoms with van der Waals surface area (Å²) in [7, 11) is 0. The minimum Gasteiger partial charge on any atom is -0.393 e. The third-order valence-electron chi connectivity index (χ3n) is 5.60. The molecule has 25 heavy (non-hydrogen) atoms. The van der Waals surface area contributed by atoms with Crippen LogP contribution in [0.15, 0.2) is 0 Å². The standard InChI is InChI=1S/C18H29N5O2/c1-12-16(13(2)21-18(19)20-12)11-17(25)23-7-3-14(4-8-23)22-9-5-15(24)6-10-22/h14-15,24H,3-11H2,1-2H3,(H2,19,20,21). The Balaban J connectivity index is 1.54. The van der Waals surface area contributed by atoms with Crippen LogP contribution in [0.4, 0.5) is 5.95 Å². The molecule has 3 rings (SSSR count). The molecule has 1 aromatic rings. The first-order valence-corrected chi connectivity index (χ1v) is 9.23. The number of carbonyl (C=O) groups excluding carboxylic acids is 1. The Morgan fingerprint density at radius 2 is 1.64 bits per heavy atom. The zero-order valence-electron chi connectivity index (χ0n) is 15.2. The first-order chi connectivity index (χ1) is 11.9. The maximum absolute atomic E-state index is 12.7. The van der Waals surface area contributed by atoms with E-state index in [1.807, 2.05) is 18.7 Å². The minimum absolute atomic E-state index is 0.133. The molecule has 0 atom stereocenters. The number of aryl methyl sites for hydroxylation is 2. The van der Waals surface area contributed by atoms with Gasteiger partial charge in [0.2, 0.25) is 11.9 Å². The van der Waals surface area contributed by atoms with Gasteiger partial charge in [-0.25, -0.2) is 9.97 Å². The summed E-state index contributed by atoms with van der Waals surface area (Å²) in [6, 6.07) is 0.542. The van der Waals surface area contributed by atoms with Crippen LogP contribution in [0.25, 0.3) is 0 Å². The molecule has 0 aliphatic carbocycles. The topological polar surface area (TPSA) is 95.6 Å². The van der Waals surface area contributed by atoms with Crippen molar-refractivity contribution in [1.82, 2.24) is 19.8 Å². The van der Waals surface area contributed by atoms with Crippen molar-refractivity contribution in [2.45, 2.75) is 58.1 Å². The average molecular weight is 347 g/mol. The number of anilines is 1. The van der Waals surface area contributed by atoms with Gasteiger partial charge in [0.25, 0.3) is 0 Å². The molecule has 2 aliphatic heterocycles. The number of nitrogens with zero attached hydrogens (tertiary/aromatic N) is 4. The molecule has 0 saturated carbocycles. The number of amides is 1. The van der Waals surface area contributed by atoms with Gasteiger partial charge in [-0.05, 0) is 39.5 Å². The van der Waals surface area contributed by atoms with Crippen molar-refractivity contribution in [2.75, 3.05) is 31.9 Å². The van der Waals surface area contributed by atoms with Gasteiger partial charge in [0.1, 0.15) is 0 Å². The SMILES string of the molecule is Cc1nc(N)nc(C)c1CC(=O)N1CCC(N2CCC(O)CC2)CC1. The number of hydrogen-bond donors (Lipinski definition) is 2. The number of hydrogen-bond acceptors (Lipinski definition) is 6. The van der Waals surface area contributed by atoms with E-state index in [1.165, 1.54) is 0 Å². The third-order valence-corrected chi connectivity index (χ3v) is 5.60. The van der Waals surface area contributed by atoms with E-state index in [0.29, 0.717) is 12.5 Å². The fraction of sp³-hybridized carbons (Fsp3) is 0.722. The fourth-order valence-electron chi connectivity index (χ4n) is 4.02. The Bertz CT molecular complexity index is 597. The number of nitrogens with two attached hydrogens (primary N) is 1. The van der Waals surface area contributed by atoms with E-state index in [0.717, 1.165) is 68.8 Å². The van der Waals surface area contributed by atoms with E-state index in [2.05, 4.69) is 14.9 Å². The molecule has 2 saturated heterocycles. The zero-order chi connectivity index (χ0) is 18.0. The van der Waals surface area contributed by atoms with Crippen molar-refractivity contribution in [1.29, 1.82) is 0 Å². The highest BCUT2D eigenvalue weighted by atomic mass is 16.3. The summed E-state index contributed by atoms with van der Waals surface area (Å²) < 4.78 is 0. The summed E-state index contributed by atoms with van der Waals surface area (Å²) in [5.41, 5.74) is 8.14. The van der Waals surface area contributed by atoms with Crippen molar-refractivity contribution in [3.8, 4) is 0 Å². The number of aromatic nitrogens is 2. The van der Waals surface area contributed by atoms with Crippen LogP contribution in [-0.4, -0.2) is 69.1 Å². The van der Waals surface area contributed by atoms with Gasteiger partial charge in [-0.15, -0.1) is 0 Å². The van der Waals surface area contributed by atoms with E-state index in [4.69, 9.17) is 5.73 Å². The lowest BCUT2D eigenvalue weighted by molar-refractivity contribution is -0.132. The second kappa shape index (κ2) is 7.66. The predicted molar refractivity (Wildman–Crippen MR) is 96.0 cm³/mol. The molecule has 1 amide bonds. The lowest BCUT2D eigenvalue weighted by atomic mass is 9.98. The molecule has 0 spiro atoms. The highest BCUT2D eigenvalue weighted by Gasteiger charge is 2.29. The van der Waals surface area contributed by atoms with Crippen LogP contribution in [-0.2, 0) is 11.2 Å². The highest BCUT2D eigenvalue weighted by Crippen LogP contribution is 2.22. The van der Waals surface area contributed by atoms with Crippen LogP contribution in [0.3, 0.4) is 0 Å². The van der Waals surface area contributed by atoms with Crippen LogP contribution in [0.1, 0.15) is 42.6 Å². The molecule has 2 fully saturated rings. The van der Waals surface area contributed by atoms with E-state index in [-0.39, 0.29) is 18.0 Å². The third kappa shape index (κ3) is 4.27. The van der Waals surface area contributed by atoms with Crippen molar-refractivity contribution < 1.29 is 9.90 Å². The molecule has 3 N–H and O–H groups in total. The quantitative estimate of drug-likeness (QED) is 0.834. The van der Waals surface area contributed by atoms with E-state index in [9.17, 15) is 9.90 Å². The number of rotatable bonds is 3. The molecule has 0 unspecified atom stereocenters. The lowest BCUT2D eigenvalue weighted by Crippen LogP contribution is -2.49. The molecule has 138 valence electrons. The van der Waals surface area contributed by atoms with Crippen LogP contribution in [0.5, 0.6) is 0 Å². The van der Waals surface area contributed by atoms with Gasteiger partial charge in [-0.1, -0.05) is 0 Å². The number of aliphatic hydroxyl groups excluding tert-OH is 1. The zero-order valence-corrected chi connectivity index (χ0v) is 15.2. The van der Waals surface area contributed by atoms with E-state index in [1.54, 1.807) is 0 Å². The number of piperidine rings is 2. The van der Waals surface area contributed by atoms with Crippen LogP contribution >= 0.6 is 0 Å². The highest BCUT2D eigenvalue weighted by molar-refractivity contribution is 5.79. The monoisotopic (exact) mass is 347 g/mol. The van der Waals surface area contributed by atoms with Crippen molar-refractivity contribution in [2.24, 2.45) is 0 Å². The Hall–Kier alpha value is -1.73. The molecule has 0 bridgehead atoms. The van der Waals surface area contributed by atoms with Crippen LogP contribution in [0.2, 0.25) is 0 Å². The Morgan fingerprint density at radius 3 is 2.20 bits per heavy atom. The number of carbonyl (C=O) groups is 1. The molecular weight excluding hydrogens is 318 g/mol. The second-order valence-electron chi connectivity index (χ2n) is 7.29. The smallest absolute Gasteiger partial charge is 0.227 e. The molecule has 0 radical (unpaired) electrons. The van der Waals surface area contributed by atoms with Crippen LogP contribution < -0.4 is 5.73 Å². The number of aliphatic hydroxyl groups is 1. The van der Waals surface area contributed by atoms with Gasteiger partial charge in [-0.2, -0.15) is 0 Å². The maximum atomic E-state index is 12.7. The van der Waals surface area contributed by atoms with Gasteiger partial charge in [-0.3, -0.25) is 4.79 Å². The number of likely N-dealkylation sites (tertiary alicyclic amines) is 2. The molecule has 2 aliphatic rings. The first-order valence-electron chi connectivity index (χ1n) is 9.23. The van der Waals surface area contributed by atoms with Crippen molar-refractivity contribution in [3.05, 3.63) is 17.0 Å². The number of nitrogen functional groups attached to an aromatic ring is 1. The summed E-state index contributed by atoms with van der Waals surface area (Å²) >= 11 is 0. The molecule has 0 aromatic carbocycles. The normalized spacial score (nSPS) is 20.8. The van der Waals surface area contributed by atoms with Crippen molar-refractivity contribution >= 4 is 11.9 Å². The second-order valence-corrected chi connectivity index (χ2v) is 7.29. The average Bonchev–Trinajstić information content (AvgIpc) is 2.59. The molecule has 7 heteroatoms. The molecule has 7 nitrogen and oxygen atoms in total. The Kier molecular flexibility index (Phi) is 5.54. The predicted octanol–water partition coefficient (Wildman–Crippen LogP) is 0.666. The van der Waals surface area contributed by atoms with Gasteiger partial charge < -0.3 is 20.6 Å². The lowest BCUT2D eigenvalue weighted by Gasteiger charge is -2.41. The van der Waals surface area contributed by atoms with E-state index < -0.39 is 0 Å². The van der Waals surface area contributed by atoms with E-state index >= 15 is 0 Å². The summed E-state index contributed by atoms with van der Waals surface area (Å²) in [4.78, 5) is 25.5. The van der Waals surface area contributed by atoms with Gasteiger partial charge in [0, 0.05) is 49.2 Å².